The average Bonchev–Trinajstić information content (AvgIpc) is 3.27. The third-order valence-corrected chi connectivity index (χ3v) is 4.09. The number of nitrogens with one attached hydrogen (secondary N) is 2. The van der Waals surface area contributed by atoms with E-state index in [1.54, 1.807) is 0 Å². The van der Waals surface area contributed by atoms with Crippen molar-refractivity contribution in [2.75, 3.05) is 17.3 Å². The molecule has 3 rings (SSSR count). The molecule has 0 aromatic carbocycles. The third kappa shape index (κ3) is 2.19. The molecule has 0 saturated heterocycles. The highest BCUT2D eigenvalue weighted by Crippen LogP contribution is 2.61. The van der Waals surface area contributed by atoms with Gasteiger partial charge in [0.1, 0.15) is 6.33 Å². The summed E-state index contributed by atoms with van der Waals surface area (Å²) in [6, 6.07) is 0. The Morgan fingerprint density at radius 2 is 2.11 bits per heavy atom. The van der Waals surface area contributed by atoms with E-state index in [4.69, 9.17) is 5.84 Å². The monoisotopic (exact) mass is 264 g/mol. The molecule has 0 unspecified atom stereocenters. The molecule has 0 amide bonds. The van der Waals surface area contributed by atoms with Gasteiger partial charge in [0.25, 0.3) is 0 Å². The van der Waals surface area contributed by atoms with Crippen LogP contribution >= 0.6 is 0 Å². The lowest BCUT2D eigenvalue weighted by Crippen LogP contribution is -2.20. The highest BCUT2D eigenvalue weighted by atomic mass is 16.6. The van der Waals surface area contributed by atoms with Crippen LogP contribution in [0.2, 0.25) is 0 Å². The fourth-order valence-electron chi connectivity index (χ4n) is 2.63. The first-order valence-corrected chi connectivity index (χ1v) is 6.36. The van der Waals surface area contributed by atoms with E-state index in [1.807, 2.05) is 0 Å². The van der Waals surface area contributed by atoms with E-state index in [2.05, 4.69) is 20.7 Å². The Kier molecular flexibility index (Phi) is 2.74. The van der Waals surface area contributed by atoms with Gasteiger partial charge in [-0.25, -0.2) is 15.8 Å². The van der Waals surface area contributed by atoms with Crippen LogP contribution in [0.15, 0.2) is 6.33 Å². The largest absolute Gasteiger partial charge is 0.364 e. The van der Waals surface area contributed by atoms with E-state index >= 15 is 0 Å². The van der Waals surface area contributed by atoms with Crippen LogP contribution in [0.1, 0.15) is 25.7 Å². The molecular formula is C11H16N6O2. The van der Waals surface area contributed by atoms with Gasteiger partial charge in [-0.2, -0.15) is 0 Å². The van der Waals surface area contributed by atoms with Crippen molar-refractivity contribution in [3.63, 3.8) is 0 Å². The number of hydrazine groups is 1. The Morgan fingerprint density at radius 3 is 2.63 bits per heavy atom. The maximum atomic E-state index is 11.1. The van der Waals surface area contributed by atoms with E-state index < -0.39 is 4.92 Å². The lowest BCUT2D eigenvalue weighted by Gasteiger charge is -2.15. The van der Waals surface area contributed by atoms with Crippen LogP contribution in [0.5, 0.6) is 0 Å². The van der Waals surface area contributed by atoms with Gasteiger partial charge >= 0.3 is 5.69 Å². The van der Waals surface area contributed by atoms with Crippen molar-refractivity contribution in [2.24, 2.45) is 17.2 Å². The lowest BCUT2D eigenvalue weighted by molar-refractivity contribution is -0.383. The second kappa shape index (κ2) is 4.30. The number of rotatable bonds is 6. The van der Waals surface area contributed by atoms with E-state index in [0.717, 1.165) is 12.5 Å². The van der Waals surface area contributed by atoms with Gasteiger partial charge in [-0.1, -0.05) is 0 Å². The summed E-state index contributed by atoms with van der Waals surface area (Å²) in [6.07, 6.45) is 6.23. The number of nitro groups is 1. The number of nitrogens with zero attached hydrogens (tertiary/aromatic N) is 3. The summed E-state index contributed by atoms with van der Waals surface area (Å²) in [5.74, 6) is 6.29. The van der Waals surface area contributed by atoms with Gasteiger partial charge in [-0.05, 0) is 37.0 Å². The first kappa shape index (κ1) is 12.1. The second-order valence-corrected chi connectivity index (χ2v) is 5.31. The first-order chi connectivity index (χ1) is 9.16. The van der Waals surface area contributed by atoms with Gasteiger partial charge in [0.15, 0.2) is 0 Å². The van der Waals surface area contributed by atoms with Gasteiger partial charge in [0.05, 0.1) is 4.92 Å². The molecule has 4 N–H and O–H groups in total. The van der Waals surface area contributed by atoms with Crippen molar-refractivity contribution in [1.82, 2.24) is 9.97 Å². The topological polar surface area (TPSA) is 119 Å². The number of hydrogen-bond donors (Lipinski definition) is 3. The third-order valence-electron chi connectivity index (χ3n) is 4.09. The van der Waals surface area contributed by atoms with Crippen molar-refractivity contribution in [3.05, 3.63) is 16.4 Å². The quantitative estimate of drug-likeness (QED) is 0.402. The van der Waals surface area contributed by atoms with E-state index in [9.17, 15) is 10.1 Å². The number of anilines is 2. The summed E-state index contributed by atoms with van der Waals surface area (Å²) in [7, 11) is 0. The van der Waals surface area contributed by atoms with Crippen LogP contribution in [0.3, 0.4) is 0 Å². The number of hydrogen-bond acceptors (Lipinski definition) is 7. The van der Waals surface area contributed by atoms with E-state index in [0.29, 0.717) is 5.41 Å². The molecule has 1 aromatic rings. The summed E-state index contributed by atoms with van der Waals surface area (Å²) >= 11 is 0. The molecule has 0 atom stereocenters. The zero-order valence-electron chi connectivity index (χ0n) is 10.4. The summed E-state index contributed by atoms with van der Waals surface area (Å²) < 4.78 is 0. The summed E-state index contributed by atoms with van der Waals surface area (Å²) in [4.78, 5) is 18.3. The molecule has 1 aromatic heterocycles. The fourth-order valence-corrected chi connectivity index (χ4v) is 2.63. The molecule has 1 heterocycles. The van der Waals surface area contributed by atoms with Crippen molar-refractivity contribution < 1.29 is 4.92 Å². The Bertz CT molecular complexity index is 512. The zero-order chi connectivity index (χ0) is 13.5. The highest BCUT2D eigenvalue weighted by Gasteiger charge is 2.53. The molecule has 8 heteroatoms. The van der Waals surface area contributed by atoms with Crippen molar-refractivity contribution in [3.8, 4) is 0 Å². The normalized spacial score (nSPS) is 19.8. The molecule has 2 aliphatic carbocycles. The van der Waals surface area contributed by atoms with Crippen molar-refractivity contribution >= 4 is 17.3 Å². The van der Waals surface area contributed by atoms with Crippen LogP contribution in [0, 0.1) is 21.4 Å². The maximum Gasteiger partial charge on any atom is 0.354 e. The minimum atomic E-state index is -0.520. The predicted octanol–water partition coefficient (Wildman–Crippen LogP) is 1.27. The number of nitrogens with two attached hydrogens (primary N) is 1. The van der Waals surface area contributed by atoms with E-state index in [-0.39, 0.29) is 17.3 Å². The molecule has 19 heavy (non-hydrogen) atoms. The maximum absolute atomic E-state index is 11.1. The van der Waals surface area contributed by atoms with Crippen LogP contribution in [0.25, 0.3) is 0 Å². The summed E-state index contributed by atoms with van der Waals surface area (Å²) in [6.45, 7) is 0.736. The molecule has 0 bridgehead atoms. The zero-order valence-corrected chi connectivity index (χ0v) is 10.4. The standard InChI is InChI=1S/C11H16N6O2/c12-16-10-8(17(18)19)9(14-6-15-10)13-5-11(3-4-11)7-1-2-7/h6-7H,1-5,12H2,(H2,13,14,15,16). The smallest absolute Gasteiger partial charge is 0.354 e. The SMILES string of the molecule is NNc1ncnc(NCC2(C3CC3)CC2)c1[N+](=O)[O-]. The second-order valence-electron chi connectivity index (χ2n) is 5.31. The highest BCUT2D eigenvalue weighted by molar-refractivity contribution is 5.68. The Labute approximate surface area is 109 Å². The Balaban J connectivity index is 1.78. The Morgan fingerprint density at radius 1 is 1.42 bits per heavy atom. The molecule has 2 saturated carbocycles. The molecule has 102 valence electrons. The molecule has 2 aliphatic rings. The minimum absolute atomic E-state index is 0.0266. The molecule has 0 radical (unpaired) electrons. The molecule has 0 aliphatic heterocycles. The van der Waals surface area contributed by atoms with Crippen LogP contribution < -0.4 is 16.6 Å². The van der Waals surface area contributed by atoms with Gasteiger partial charge in [-0.15, -0.1) is 0 Å². The van der Waals surface area contributed by atoms with Crippen molar-refractivity contribution in [1.29, 1.82) is 0 Å². The van der Waals surface area contributed by atoms with Gasteiger partial charge in [0, 0.05) is 6.54 Å². The lowest BCUT2D eigenvalue weighted by atomic mass is 10.0. The van der Waals surface area contributed by atoms with E-state index in [1.165, 1.54) is 32.0 Å². The van der Waals surface area contributed by atoms with Gasteiger partial charge in [0.2, 0.25) is 11.6 Å². The summed E-state index contributed by atoms with van der Waals surface area (Å²) in [5, 5.41) is 14.2. The van der Waals surface area contributed by atoms with Gasteiger partial charge < -0.3 is 10.7 Å². The minimum Gasteiger partial charge on any atom is -0.364 e. The molecule has 0 spiro atoms. The fraction of sp³-hybridized carbons (Fsp3) is 0.636. The molecule has 8 nitrogen and oxygen atoms in total. The van der Waals surface area contributed by atoms with Crippen LogP contribution in [0.4, 0.5) is 17.3 Å². The predicted molar refractivity (Wildman–Crippen MR) is 69.4 cm³/mol. The summed E-state index contributed by atoms with van der Waals surface area (Å²) in [5.41, 5.74) is 2.38. The number of nitrogen functional groups attached to an aromatic ring is 1. The first-order valence-electron chi connectivity index (χ1n) is 6.36. The number of aromatic nitrogens is 2. The average molecular weight is 264 g/mol. The Hall–Kier alpha value is -1.96. The van der Waals surface area contributed by atoms with Crippen LogP contribution in [-0.4, -0.2) is 21.4 Å². The van der Waals surface area contributed by atoms with Gasteiger partial charge in [-0.3, -0.25) is 10.1 Å². The van der Waals surface area contributed by atoms with Crippen LogP contribution in [-0.2, 0) is 0 Å². The molecule has 2 fully saturated rings. The molecular weight excluding hydrogens is 248 g/mol. The van der Waals surface area contributed by atoms with Crippen molar-refractivity contribution in [2.45, 2.75) is 25.7 Å².